The Morgan fingerprint density at radius 2 is 2.26 bits per heavy atom. The van der Waals surface area contributed by atoms with Gasteiger partial charge in [-0.15, -0.1) is 6.42 Å². The molecule has 0 aromatic heterocycles. The number of amides is 1. The number of terminal acetylenes is 1. The van der Waals surface area contributed by atoms with Crippen LogP contribution in [0.5, 0.6) is 5.75 Å². The highest BCUT2D eigenvalue weighted by atomic mass is 35.5. The molecule has 0 bridgehead atoms. The number of carbonyl (C=O) groups excluding carboxylic acids is 1. The van der Waals surface area contributed by atoms with Crippen molar-refractivity contribution in [2.45, 2.75) is 19.8 Å². The van der Waals surface area contributed by atoms with Crippen LogP contribution < -0.4 is 4.74 Å². The summed E-state index contributed by atoms with van der Waals surface area (Å²) in [6.07, 6.45) is 4.75. The van der Waals surface area contributed by atoms with Crippen LogP contribution in [0.2, 0.25) is 5.02 Å². The lowest BCUT2D eigenvalue weighted by molar-refractivity contribution is -0.133. The summed E-state index contributed by atoms with van der Waals surface area (Å²) in [6.45, 7) is 1.17. The summed E-state index contributed by atoms with van der Waals surface area (Å²) in [5.74, 6) is 2.17. The average Bonchev–Trinajstić information content (AvgIpc) is 2.50. The highest BCUT2D eigenvalue weighted by molar-refractivity contribution is 6.32. The van der Waals surface area contributed by atoms with Gasteiger partial charge in [0, 0.05) is 17.2 Å². The molecule has 1 aromatic carbocycles. The number of allylic oxidation sites excluding steroid dienone is 1. The van der Waals surface area contributed by atoms with Crippen molar-refractivity contribution in [3.63, 3.8) is 0 Å². The van der Waals surface area contributed by atoms with Gasteiger partial charge >= 0.3 is 0 Å². The number of carbonyl (C=O) groups is 1. The normalized spacial score (nSPS) is 17.9. The van der Waals surface area contributed by atoms with Gasteiger partial charge in [0.2, 0.25) is 5.91 Å². The lowest BCUT2D eigenvalue weighted by Gasteiger charge is -2.32. The Morgan fingerprint density at radius 3 is 2.87 bits per heavy atom. The first-order valence-corrected chi connectivity index (χ1v) is 7.47. The summed E-state index contributed by atoms with van der Waals surface area (Å²) >= 11 is 6.23. The first kappa shape index (κ1) is 17.3. The maximum absolute atomic E-state index is 12.8. The quantitative estimate of drug-likeness (QED) is 0.763. The van der Waals surface area contributed by atoms with Crippen LogP contribution in [-0.2, 0) is 4.79 Å². The minimum Gasteiger partial charge on any atom is -0.481 e. The van der Waals surface area contributed by atoms with E-state index in [0.29, 0.717) is 28.5 Å². The first-order chi connectivity index (χ1) is 10.9. The fraction of sp³-hybridized carbons (Fsp3) is 0.353. The molecule has 1 heterocycles. The Balaban J connectivity index is 2.34. The SMILES string of the molecule is C#CCOc1ccc(C2=CCC(C)C(=O)N2CC(F)F)c(Cl)c1. The zero-order chi connectivity index (χ0) is 17.0. The molecule has 1 atom stereocenters. The van der Waals surface area contributed by atoms with Crippen molar-refractivity contribution in [1.82, 2.24) is 4.90 Å². The highest BCUT2D eigenvalue weighted by Gasteiger charge is 2.31. The number of alkyl halides is 2. The van der Waals surface area contributed by atoms with E-state index in [2.05, 4.69) is 5.92 Å². The molecule has 23 heavy (non-hydrogen) atoms. The minimum atomic E-state index is -2.62. The molecule has 0 aliphatic carbocycles. The molecule has 0 saturated heterocycles. The Bertz CT molecular complexity index is 667. The standard InChI is InChI=1S/C17H16ClF2NO2/c1-3-8-23-12-5-6-13(14(18)9-12)15-7-4-11(2)17(22)21(15)10-16(19)20/h1,5-7,9,11,16H,4,8,10H2,2H3. The summed E-state index contributed by atoms with van der Waals surface area (Å²) in [4.78, 5) is 13.3. The van der Waals surface area contributed by atoms with Gasteiger partial charge in [0.25, 0.3) is 6.43 Å². The topological polar surface area (TPSA) is 29.5 Å². The third-order valence-electron chi connectivity index (χ3n) is 3.50. The zero-order valence-corrected chi connectivity index (χ0v) is 13.3. The smallest absolute Gasteiger partial charge is 0.256 e. The predicted molar refractivity (Wildman–Crippen MR) is 85.3 cm³/mol. The van der Waals surface area contributed by atoms with Crippen molar-refractivity contribution in [2.75, 3.05) is 13.2 Å². The van der Waals surface area contributed by atoms with Crippen LogP contribution in [0, 0.1) is 18.3 Å². The molecule has 0 spiro atoms. The van der Waals surface area contributed by atoms with Gasteiger partial charge < -0.3 is 9.64 Å². The van der Waals surface area contributed by atoms with Gasteiger partial charge in [0.1, 0.15) is 12.4 Å². The van der Waals surface area contributed by atoms with Crippen molar-refractivity contribution < 1.29 is 18.3 Å². The van der Waals surface area contributed by atoms with E-state index in [1.807, 2.05) is 0 Å². The third kappa shape index (κ3) is 4.02. The van der Waals surface area contributed by atoms with E-state index in [0.717, 1.165) is 4.90 Å². The summed E-state index contributed by atoms with van der Waals surface area (Å²) in [5.41, 5.74) is 0.919. The molecule has 0 fully saturated rings. The monoisotopic (exact) mass is 339 g/mol. The zero-order valence-electron chi connectivity index (χ0n) is 12.6. The van der Waals surface area contributed by atoms with E-state index in [-0.39, 0.29) is 18.4 Å². The van der Waals surface area contributed by atoms with Crippen LogP contribution in [-0.4, -0.2) is 30.4 Å². The van der Waals surface area contributed by atoms with Crippen LogP contribution in [0.3, 0.4) is 0 Å². The van der Waals surface area contributed by atoms with Gasteiger partial charge in [-0.25, -0.2) is 8.78 Å². The number of hydrogen-bond acceptors (Lipinski definition) is 2. The van der Waals surface area contributed by atoms with E-state index in [9.17, 15) is 13.6 Å². The van der Waals surface area contributed by atoms with Crippen LogP contribution in [0.4, 0.5) is 8.78 Å². The first-order valence-electron chi connectivity index (χ1n) is 7.10. The summed E-state index contributed by atoms with van der Waals surface area (Å²) < 4.78 is 30.9. The Kier molecular flexibility index (Phi) is 5.62. The average molecular weight is 340 g/mol. The van der Waals surface area contributed by atoms with Crippen LogP contribution in [0.1, 0.15) is 18.9 Å². The molecule has 2 rings (SSSR count). The largest absolute Gasteiger partial charge is 0.481 e. The molecule has 0 radical (unpaired) electrons. The van der Waals surface area contributed by atoms with Crippen LogP contribution in [0.25, 0.3) is 5.70 Å². The van der Waals surface area contributed by atoms with Gasteiger partial charge in [-0.05, 0) is 24.6 Å². The highest BCUT2D eigenvalue weighted by Crippen LogP contribution is 2.34. The molecule has 1 unspecified atom stereocenters. The molecule has 1 aliphatic rings. The second-order valence-electron chi connectivity index (χ2n) is 5.20. The lowest BCUT2D eigenvalue weighted by Crippen LogP contribution is -2.39. The Hall–Kier alpha value is -2.06. The van der Waals surface area contributed by atoms with Crippen molar-refractivity contribution in [3.05, 3.63) is 34.9 Å². The third-order valence-corrected chi connectivity index (χ3v) is 3.82. The van der Waals surface area contributed by atoms with E-state index < -0.39 is 13.0 Å². The van der Waals surface area contributed by atoms with Gasteiger partial charge in [0.05, 0.1) is 11.6 Å². The second kappa shape index (κ2) is 7.47. The number of halogens is 3. The number of ether oxygens (including phenoxy) is 1. The van der Waals surface area contributed by atoms with Crippen LogP contribution in [0.15, 0.2) is 24.3 Å². The molecule has 122 valence electrons. The minimum absolute atomic E-state index is 0.103. The van der Waals surface area contributed by atoms with E-state index in [4.69, 9.17) is 22.8 Å². The van der Waals surface area contributed by atoms with E-state index in [1.165, 1.54) is 0 Å². The van der Waals surface area contributed by atoms with Crippen molar-refractivity contribution >= 4 is 23.2 Å². The molecule has 1 amide bonds. The number of benzene rings is 1. The van der Waals surface area contributed by atoms with Gasteiger partial charge in [-0.2, -0.15) is 0 Å². The number of nitrogens with zero attached hydrogens (tertiary/aromatic N) is 1. The second-order valence-corrected chi connectivity index (χ2v) is 5.61. The maximum atomic E-state index is 12.8. The molecule has 0 N–H and O–H groups in total. The van der Waals surface area contributed by atoms with Crippen molar-refractivity contribution in [1.29, 1.82) is 0 Å². The van der Waals surface area contributed by atoms with Gasteiger partial charge in [-0.3, -0.25) is 4.79 Å². The fourth-order valence-electron chi connectivity index (χ4n) is 2.38. The summed E-state index contributed by atoms with van der Waals surface area (Å²) in [5, 5.41) is 0.312. The molecule has 0 saturated carbocycles. The molecule has 6 heteroatoms. The molecule has 1 aliphatic heterocycles. The number of rotatable bonds is 5. The van der Waals surface area contributed by atoms with Crippen LogP contribution >= 0.6 is 11.6 Å². The molecular formula is C17H16ClF2NO2. The van der Waals surface area contributed by atoms with E-state index in [1.54, 1.807) is 31.2 Å². The predicted octanol–water partition coefficient (Wildman–Crippen LogP) is 3.83. The Morgan fingerprint density at radius 1 is 1.52 bits per heavy atom. The molecule has 1 aromatic rings. The Labute approximate surface area is 138 Å². The van der Waals surface area contributed by atoms with Crippen molar-refractivity contribution in [2.24, 2.45) is 5.92 Å². The summed E-state index contributed by atoms with van der Waals surface area (Å²) in [6, 6.07) is 4.84. The molecule has 3 nitrogen and oxygen atoms in total. The van der Waals surface area contributed by atoms with Crippen molar-refractivity contribution in [3.8, 4) is 18.1 Å². The number of hydrogen-bond donors (Lipinski definition) is 0. The van der Waals surface area contributed by atoms with Gasteiger partial charge in [-0.1, -0.05) is 30.5 Å². The van der Waals surface area contributed by atoms with E-state index >= 15 is 0 Å². The maximum Gasteiger partial charge on any atom is 0.256 e. The molecular weight excluding hydrogens is 324 g/mol. The van der Waals surface area contributed by atoms with Gasteiger partial charge in [0.15, 0.2) is 0 Å². The summed E-state index contributed by atoms with van der Waals surface area (Å²) in [7, 11) is 0. The fourth-order valence-corrected chi connectivity index (χ4v) is 2.65. The lowest BCUT2D eigenvalue weighted by atomic mass is 9.97.